The number of nitrogens with zero attached hydrogens (tertiary/aromatic N) is 1. The molecule has 0 aliphatic rings. The van der Waals surface area contributed by atoms with Gasteiger partial charge in [-0.3, -0.25) is 4.79 Å². The van der Waals surface area contributed by atoms with Crippen LogP contribution in [0.1, 0.15) is 21.5 Å². The first-order valence-electron chi connectivity index (χ1n) is 9.47. The van der Waals surface area contributed by atoms with Crippen LogP contribution in [-0.2, 0) is 6.61 Å². The highest BCUT2D eigenvalue weighted by Crippen LogP contribution is 2.18. The van der Waals surface area contributed by atoms with Crippen LogP contribution >= 0.6 is 11.6 Å². The third-order valence-corrected chi connectivity index (χ3v) is 4.84. The van der Waals surface area contributed by atoms with E-state index in [9.17, 15) is 4.79 Å². The lowest BCUT2D eigenvalue weighted by Crippen LogP contribution is -2.17. The van der Waals surface area contributed by atoms with Crippen molar-refractivity contribution in [3.8, 4) is 5.75 Å². The number of halogens is 1. The number of benzene rings is 4. The maximum atomic E-state index is 12.5. The highest BCUT2D eigenvalue weighted by atomic mass is 35.5. The van der Waals surface area contributed by atoms with Crippen LogP contribution in [0.4, 0.5) is 0 Å². The summed E-state index contributed by atoms with van der Waals surface area (Å²) < 4.78 is 5.83. The van der Waals surface area contributed by atoms with Crippen LogP contribution in [0.5, 0.6) is 5.75 Å². The molecule has 30 heavy (non-hydrogen) atoms. The second-order valence-corrected chi connectivity index (χ2v) is 7.15. The molecule has 1 amide bonds. The number of amides is 1. The van der Waals surface area contributed by atoms with Gasteiger partial charge < -0.3 is 4.74 Å². The Morgan fingerprint density at radius 2 is 1.70 bits per heavy atom. The summed E-state index contributed by atoms with van der Waals surface area (Å²) in [6.07, 6.45) is 1.60. The van der Waals surface area contributed by atoms with E-state index in [-0.39, 0.29) is 5.91 Å². The maximum absolute atomic E-state index is 12.5. The normalized spacial score (nSPS) is 11.0. The molecule has 4 nitrogen and oxygen atoms in total. The predicted octanol–water partition coefficient (Wildman–Crippen LogP) is 5.84. The zero-order valence-electron chi connectivity index (χ0n) is 16.1. The Bertz CT molecular complexity index is 1200. The van der Waals surface area contributed by atoms with Gasteiger partial charge in [0, 0.05) is 10.6 Å². The largest absolute Gasteiger partial charge is 0.489 e. The van der Waals surface area contributed by atoms with E-state index in [1.54, 1.807) is 12.3 Å². The van der Waals surface area contributed by atoms with E-state index in [0.717, 1.165) is 21.9 Å². The lowest BCUT2D eigenvalue weighted by atomic mass is 10.0. The molecule has 0 fully saturated rings. The summed E-state index contributed by atoms with van der Waals surface area (Å²) in [7, 11) is 0. The number of rotatable bonds is 6. The molecule has 148 valence electrons. The number of ether oxygens (including phenoxy) is 1. The third kappa shape index (κ3) is 4.85. The Morgan fingerprint density at radius 1 is 0.933 bits per heavy atom. The Balaban J connectivity index is 1.39. The molecule has 0 bridgehead atoms. The summed E-state index contributed by atoms with van der Waals surface area (Å²) in [5.41, 5.74) is 5.04. The molecule has 0 unspecified atom stereocenters. The molecule has 4 aromatic rings. The molecule has 0 spiro atoms. The average molecular weight is 415 g/mol. The first-order chi connectivity index (χ1) is 14.7. The van der Waals surface area contributed by atoms with Crippen LogP contribution in [0, 0.1) is 0 Å². The van der Waals surface area contributed by atoms with E-state index < -0.39 is 0 Å². The molecule has 5 heteroatoms. The van der Waals surface area contributed by atoms with Gasteiger partial charge in [0.05, 0.1) is 6.21 Å². The second kappa shape index (κ2) is 9.25. The van der Waals surface area contributed by atoms with Crippen molar-refractivity contribution in [3.05, 3.63) is 113 Å². The summed E-state index contributed by atoms with van der Waals surface area (Å²) in [5, 5.41) is 6.70. The van der Waals surface area contributed by atoms with Crippen molar-refractivity contribution < 1.29 is 9.53 Å². The highest BCUT2D eigenvalue weighted by Gasteiger charge is 2.08. The fraction of sp³-hybridized carbons (Fsp3) is 0.0400. The van der Waals surface area contributed by atoms with E-state index in [0.29, 0.717) is 22.9 Å². The number of carbonyl (C=O) groups excluding carboxylic acids is 1. The number of hydrogen-bond donors (Lipinski definition) is 1. The molecule has 0 heterocycles. The number of carbonyl (C=O) groups is 1. The monoisotopic (exact) mass is 414 g/mol. The first-order valence-corrected chi connectivity index (χ1v) is 9.85. The molecule has 0 aromatic heterocycles. The van der Waals surface area contributed by atoms with Crippen LogP contribution in [0.3, 0.4) is 0 Å². The van der Waals surface area contributed by atoms with Crippen LogP contribution < -0.4 is 10.2 Å². The lowest BCUT2D eigenvalue weighted by Gasteiger charge is -2.07. The van der Waals surface area contributed by atoms with Crippen LogP contribution in [0.25, 0.3) is 10.8 Å². The molecule has 0 saturated heterocycles. The maximum Gasteiger partial charge on any atom is 0.271 e. The van der Waals surface area contributed by atoms with Gasteiger partial charge in [0.15, 0.2) is 0 Å². The topological polar surface area (TPSA) is 50.7 Å². The number of nitrogens with one attached hydrogen (secondary N) is 1. The smallest absolute Gasteiger partial charge is 0.271 e. The first kappa shape index (κ1) is 19.7. The zero-order valence-corrected chi connectivity index (χ0v) is 16.8. The van der Waals surface area contributed by atoms with Crippen LogP contribution in [0.15, 0.2) is 96.1 Å². The quantitative estimate of drug-likeness (QED) is 0.318. The van der Waals surface area contributed by atoms with Crippen molar-refractivity contribution in [2.75, 3.05) is 0 Å². The van der Waals surface area contributed by atoms with Gasteiger partial charge in [-0.25, -0.2) is 5.43 Å². The minimum Gasteiger partial charge on any atom is -0.489 e. The molecular formula is C25H19ClN2O2. The predicted molar refractivity (Wildman–Crippen MR) is 121 cm³/mol. The summed E-state index contributed by atoms with van der Waals surface area (Å²) in [6.45, 7) is 0.440. The second-order valence-electron chi connectivity index (χ2n) is 6.71. The van der Waals surface area contributed by atoms with E-state index in [1.807, 2.05) is 84.9 Å². The molecule has 0 radical (unpaired) electrons. The number of hydrazone groups is 1. The Morgan fingerprint density at radius 3 is 2.57 bits per heavy atom. The fourth-order valence-corrected chi connectivity index (χ4v) is 3.21. The number of fused-ring (bicyclic) bond motifs is 1. The Hall–Kier alpha value is -3.63. The zero-order chi connectivity index (χ0) is 20.8. The molecule has 0 aliphatic heterocycles. The van der Waals surface area contributed by atoms with Gasteiger partial charge in [0.25, 0.3) is 5.91 Å². The van der Waals surface area contributed by atoms with Crippen molar-refractivity contribution in [1.29, 1.82) is 0 Å². The van der Waals surface area contributed by atoms with Crippen molar-refractivity contribution in [3.63, 3.8) is 0 Å². The third-order valence-electron chi connectivity index (χ3n) is 4.59. The van der Waals surface area contributed by atoms with Gasteiger partial charge in [-0.2, -0.15) is 5.10 Å². The molecule has 0 aliphatic carbocycles. The standard InChI is InChI=1S/C25H19ClN2O2/c26-21-13-11-18(12-14-21)17-30-22-8-3-5-19(15-22)16-27-28-25(29)24-10-4-7-20-6-1-2-9-23(20)24/h1-16H,17H2,(H,28,29)/b27-16+. The van der Waals surface area contributed by atoms with Crippen molar-refractivity contribution in [2.24, 2.45) is 5.10 Å². The summed E-state index contributed by atoms with van der Waals surface area (Å²) in [5.74, 6) is 0.465. The van der Waals surface area contributed by atoms with E-state index in [2.05, 4.69) is 10.5 Å². The lowest BCUT2D eigenvalue weighted by molar-refractivity contribution is 0.0957. The van der Waals surface area contributed by atoms with E-state index in [4.69, 9.17) is 16.3 Å². The molecule has 4 aromatic carbocycles. The molecular weight excluding hydrogens is 396 g/mol. The van der Waals surface area contributed by atoms with Crippen LogP contribution in [-0.4, -0.2) is 12.1 Å². The molecule has 4 rings (SSSR count). The molecule has 0 atom stereocenters. The summed E-state index contributed by atoms with van der Waals surface area (Å²) in [6, 6.07) is 28.4. The highest BCUT2D eigenvalue weighted by molar-refractivity contribution is 6.30. The van der Waals surface area contributed by atoms with E-state index >= 15 is 0 Å². The minimum atomic E-state index is -0.252. The fourth-order valence-electron chi connectivity index (χ4n) is 3.08. The van der Waals surface area contributed by atoms with Crippen LogP contribution in [0.2, 0.25) is 5.02 Å². The Kier molecular flexibility index (Phi) is 6.06. The minimum absolute atomic E-state index is 0.252. The van der Waals surface area contributed by atoms with Gasteiger partial charge in [-0.05, 0) is 52.2 Å². The van der Waals surface area contributed by atoms with Crippen molar-refractivity contribution in [2.45, 2.75) is 6.61 Å². The summed E-state index contributed by atoms with van der Waals surface area (Å²) in [4.78, 5) is 12.5. The van der Waals surface area contributed by atoms with Crippen molar-refractivity contribution >= 4 is 34.5 Å². The van der Waals surface area contributed by atoms with Gasteiger partial charge in [-0.15, -0.1) is 0 Å². The number of hydrogen-bond acceptors (Lipinski definition) is 3. The van der Waals surface area contributed by atoms with E-state index in [1.165, 1.54) is 0 Å². The van der Waals surface area contributed by atoms with Crippen molar-refractivity contribution in [1.82, 2.24) is 5.43 Å². The van der Waals surface area contributed by atoms with Gasteiger partial charge in [0.1, 0.15) is 12.4 Å². The Labute approximate surface area is 179 Å². The van der Waals surface area contributed by atoms with Gasteiger partial charge >= 0.3 is 0 Å². The van der Waals surface area contributed by atoms with Gasteiger partial charge in [-0.1, -0.05) is 72.3 Å². The molecule has 1 N–H and O–H groups in total. The molecule has 0 saturated carbocycles. The van der Waals surface area contributed by atoms with Gasteiger partial charge in [0.2, 0.25) is 0 Å². The SMILES string of the molecule is O=C(N/N=C/c1cccc(OCc2ccc(Cl)cc2)c1)c1cccc2ccccc12. The summed E-state index contributed by atoms with van der Waals surface area (Å²) >= 11 is 5.90. The average Bonchev–Trinajstić information content (AvgIpc) is 2.78.